The van der Waals surface area contributed by atoms with Crippen molar-refractivity contribution >= 4 is 16.9 Å². The third-order valence-corrected chi connectivity index (χ3v) is 9.18. The summed E-state index contributed by atoms with van der Waals surface area (Å²) in [7, 11) is 4.03. The molecule has 1 unspecified atom stereocenters. The molecule has 0 amide bonds. The molecular formula is C38H34N2. The van der Waals surface area contributed by atoms with Gasteiger partial charge in [-0.25, -0.2) is 0 Å². The molecule has 0 bridgehead atoms. The largest absolute Gasteiger partial charge is 0.388 e. The zero-order chi connectivity index (χ0) is 27.3. The van der Waals surface area contributed by atoms with Gasteiger partial charge in [-0.05, 0) is 81.3 Å². The van der Waals surface area contributed by atoms with Crippen LogP contribution in [0.3, 0.4) is 0 Å². The van der Waals surface area contributed by atoms with Gasteiger partial charge in [-0.15, -0.1) is 0 Å². The van der Waals surface area contributed by atoms with E-state index < -0.39 is 5.41 Å². The number of hydrogen-bond acceptors (Lipinski definition) is 2. The molecule has 2 heteroatoms. The van der Waals surface area contributed by atoms with Gasteiger partial charge in [-0.3, -0.25) is 0 Å². The Bertz CT molecular complexity index is 1640. The van der Waals surface area contributed by atoms with Gasteiger partial charge in [0.25, 0.3) is 0 Å². The fraction of sp³-hybridized carbons (Fsp3) is 0.158. The molecule has 40 heavy (non-hydrogen) atoms. The average Bonchev–Trinajstić information content (AvgIpc) is 3.53. The van der Waals surface area contributed by atoms with Crippen molar-refractivity contribution in [3.8, 4) is 11.1 Å². The molecular weight excluding hydrogens is 484 g/mol. The minimum absolute atomic E-state index is 0.0871. The van der Waals surface area contributed by atoms with Crippen LogP contribution in [0.2, 0.25) is 0 Å². The summed E-state index contributed by atoms with van der Waals surface area (Å²) in [5.41, 5.74) is 14.1. The quantitative estimate of drug-likeness (QED) is 0.234. The highest BCUT2D eigenvalue weighted by Crippen LogP contribution is 2.63. The molecule has 7 rings (SSSR count). The van der Waals surface area contributed by atoms with Gasteiger partial charge >= 0.3 is 0 Å². The Hall–Kier alpha value is -4.56. The molecule has 0 fully saturated rings. The highest BCUT2D eigenvalue weighted by Gasteiger charge is 2.53. The van der Waals surface area contributed by atoms with E-state index in [9.17, 15) is 0 Å². The summed E-state index contributed by atoms with van der Waals surface area (Å²) in [6.07, 6.45) is 2.53. The van der Waals surface area contributed by atoms with Gasteiger partial charge in [-0.1, -0.05) is 103 Å². The number of hydrogen-bond donors (Lipinski definition) is 2. The van der Waals surface area contributed by atoms with E-state index >= 15 is 0 Å². The number of rotatable bonds is 6. The fourth-order valence-corrected chi connectivity index (χ4v) is 7.46. The highest BCUT2D eigenvalue weighted by molar-refractivity contribution is 5.85. The molecule has 5 aromatic rings. The van der Waals surface area contributed by atoms with Crippen LogP contribution < -0.4 is 10.6 Å². The van der Waals surface area contributed by atoms with Gasteiger partial charge in [0.2, 0.25) is 0 Å². The molecule has 2 aliphatic carbocycles. The third-order valence-electron chi connectivity index (χ3n) is 9.18. The second-order valence-corrected chi connectivity index (χ2v) is 11.1. The summed E-state index contributed by atoms with van der Waals surface area (Å²) in [5, 5.41) is 6.85. The molecule has 0 heterocycles. The van der Waals surface area contributed by atoms with Gasteiger partial charge in [-0.2, -0.15) is 0 Å². The first-order valence-corrected chi connectivity index (χ1v) is 14.2. The molecule has 5 aromatic carbocycles. The third kappa shape index (κ3) is 3.49. The lowest BCUT2D eigenvalue weighted by Gasteiger charge is -2.46. The highest BCUT2D eigenvalue weighted by atomic mass is 14.8. The van der Waals surface area contributed by atoms with Crippen LogP contribution in [0.1, 0.15) is 52.1 Å². The number of nitrogens with one attached hydrogen (secondary N) is 2. The molecule has 0 saturated heterocycles. The van der Waals surface area contributed by atoms with Crippen molar-refractivity contribution < 1.29 is 0 Å². The normalized spacial score (nSPS) is 15.7. The van der Waals surface area contributed by atoms with E-state index in [0.29, 0.717) is 0 Å². The fourth-order valence-electron chi connectivity index (χ4n) is 7.46. The Morgan fingerprint density at radius 3 is 1.55 bits per heavy atom. The zero-order valence-electron chi connectivity index (χ0n) is 23.3. The predicted molar refractivity (Wildman–Crippen MR) is 169 cm³/mol. The van der Waals surface area contributed by atoms with Crippen molar-refractivity contribution in [3.63, 3.8) is 0 Å². The number of benzene rings is 5. The molecule has 2 nitrogen and oxygen atoms in total. The van der Waals surface area contributed by atoms with Crippen LogP contribution in [0.5, 0.6) is 0 Å². The molecule has 196 valence electrons. The SMILES string of the molecule is CNc1ccc2c(c1)C(C(c1ccccc1)(c1ccccc1)C1C=C(C)c3ccccc31)c1cc(NC)ccc1-2. The molecule has 0 radical (unpaired) electrons. The summed E-state index contributed by atoms with van der Waals surface area (Å²) in [6.45, 7) is 2.27. The van der Waals surface area contributed by atoms with Crippen molar-refractivity contribution in [2.24, 2.45) is 0 Å². The topological polar surface area (TPSA) is 24.1 Å². The van der Waals surface area contributed by atoms with Crippen molar-refractivity contribution in [2.45, 2.75) is 24.2 Å². The van der Waals surface area contributed by atoms with E-state index in [1.165, 1.54) is 50.1 Å². The number of anilines is 2. The van der Waals surface area contributed by atoms with E-state index in [1.54, 1.807) is 0 Å². The Balaban J connectivity index is 1.65. The van der Waals surface area contributed by atoms with E-state index in [1.807, 2.05) is 14.1 Å². The summed E-state index contributed by atoms with van der Waals surface area (Å²) < 4.78 is 0. The van der Waals surface area contributed by atoms with Crippen LogP contribution in [0.25, 0.3) is 16.7 Å². The smallest absolute Gasteiger partial charge is 0.0415 e. The van der Waals surface area contributed by atoms with Crippen molar-refractivity contribution in [3.05, 3.63) is 161 Å². The molecule has 0 saturated carbocycles. The molecule has 1 atom stereocenters. The minimum atomic E-state index is -0.394. The minimum Gasteiger partial charge on any atom is -0.388 e. The second kappa shape index (κ2) is 9.57. The van der Waals surface area contributed by atoms with Gasteiger partial charge in [0.15, 0.2) is 0 Å². The van der Waals surface area contributed by atoms with E-state index in [-0.39, 0.29) is 11.8 Å². The maximum absolute atomic E-state index is 3.43. The summed E-state index contributed by atoms with van der Waals surface area (Å²) in [5.74, 6) is 0.234. The molecule has 0 spiro atoms. The Morgan fingerprint density at radius 1 is 0.525 bits per heavy atom. The van der Waals surface area contributed by atoms with Crippen LogP contribution in [-0.4, -0.2) is 14.1 Å². The van der Waals surface area contributed by atoms with Gasteiger partial charge in [0.05, 0.1) is 0 Å². The van der Waals surface area contributed by atoms with E-state index in [2.05, 4.69) is 145 Å². The van der Waals surface area contributed by atoms with Crippen molar-refractivity contribution in [1.29, 1.82) is 0 Å². The Kier molecular flexibility index (Phi) is 5.86. The summed E-state index contributed by atoms with van der Waals surface area (Å²) >= 11 is 0. The molecule has 0 aromatic heterocycles. The standard InChI is InChI=1S/C38H34N2/c1-25-22-36(33-17-11-10-16-30(25)33)38(26-12-6-4-7-13-26,27-14-8-5-9-15-27)37-34-23-28(39-2)18-20-31(34)32-21-19-29(40-3)24-35(32)37/h4-24,36-37,39-40H,1-3H3. The maximum atomic E-state index is 3.43. The van der Waals surface area contributed by atoms with Gasteiger partial charge in [0, 0.05) is 42.7 Å². The number of allylic oxidation sites excluding steroid dienone is 2. The van der Waals surface area contributed by atoms with E-state index in [0.717, 1.165) is 11.4 Å². The lowest BCUT2D eigenvalue weighted by Crippen LogP contribution is -2.40. The van der Waals surface area contributed by atoms with Crippen molar-refractivity contribution in [1.82, 2.24) is 0 Å². The van der Waals surface area contributed by atoms with Crippen molar-refractivity contribution in [2.75, 3.05) is 24.7 Å². The average molecular weight is 519 g/mol. The number of fused-ring (bicyclic) bond motifs is 4. The van der Waals surface area contributed by atoms with Crippen LogP contribution in [0.4, 0.5) is 11.4 Å². The van der Waals surface area contributed by atoms with Crippen LogP contribution in [0.15, 0.2) is 127 Å². The first kappa shape index (κ1) is 24.5. The van der Waals surface area contributed by atoms with Gasteiger partial charge < -0.3 is 10.6 Å². The van der Waals surface area contributed by atoms with Gasteiger partial charge in [0.1, 0.15) is 0 Å². The zero-order valence-corrected chi connectivity index (χ0v) is 23.3. The lowest BCUT2D eigenvalue weighted by atomic mass is 9.55. The molecule has 2 aliphatic rings. The summed E-state index contributed by atoms with van der Waals surface area (Å²) in [6, 6.07) is 45.3. The van der Waals surface area contributed by atoms with Crippen LogP contribution in [0, 0.1) is 0 Å². The predicted octanol–water partition coefficient (Wildman–Crippen LogP) is 9.07. The van der Waals surface area contributed by atoms with Crippen LogP contribution in [-0.2, 0) is 5.41 Å². The first-order chi connectivity index (χ1) is 19.7. The maximum Gasteiger partial charge on any atom is 0.0415 e. The monoisotopic (exact) mass is 518 g/mol. The Morgan fingerprint density at radius 2 is 1.02 bits per heavy atom. The van der Waals surface area contributed by atoms with Crippen LogP contribution >= 0.6 is 0 Å². The molecule has 0 aliphatic heterocycles. The molecule has 2 N–H and O–H groups in total. The summed E-state index contributed by atoms with van der Waals surface area (Å²) in [4.78, 5) is 0. The Labute approximate surface area is 237 Å². The lowest BCUT2D eigenvalue weighted by molar-refractivity contribution is 0.417. The van der Waals surface area contributed by atoms with E-state index in [4.69, 9.17) is 0 Å². The second-order valence-electron chi connectivity index (χ2n) is 11.1. The first-order valence-electron chi connectivity index (χ1n) is 14.2.